The number of amides is 1. The van der Waals surface area contributed by atoms with Crippen LogP contribution in [0.2, 0.25) is 0 Å². The van der Waals surface area contributed by atoms with Gasteiger partial charge in [0, 0.05) is 26.6 Å². The van der Waals surface area contributed by atoms with E-state index in [0.717, 1.165) is 17.7 Å². The Kier molecular flexibility index (Phi) is 7.13. The predicted molar refractivity (Wildman–Crippen MR) is 108 cm³/mol. The Balaban J connectivity index is 1.89. The molecular weight excluding hydrogens is 398 g/mol. The van der Waals surface area contributed by atoms with E-state index >= 15 is 0 Å². The van der Waals surface area contributed by atoms with Gasteiger partial charge in [0.15, 0.2) is 11.6 Å². The van der Waals surface area contributed by atoms with Crippen LogP contribution in [-0.2, 0) is 26.8 Å². The molecule has 158 valence electrons. The van der Waals surface area contributed by atoms with Crippen LogP contribution in [0.25, 0.3) is 0 Å². The van der Waals surface area contributed by atoms with Crippen molar-refractivity contribution in [1.82, 2.24) is 9.62 Å². The molecule has 1 N–H and O–H groups in total. The van der Waals surface area contributed by atoms with Crippen LogP contribution in [0.5, 0.6) is 0 Å². The first-order valence-corrected chi connectivity index (χ1v) is 10.7. The van der Waals surface area contributed by atoms with Crippen LogP contribution in [0.15, 0.2) is 47.4 Å². The van der Waals surface area contributed by atoms with Gasteiger partial charge in [0.1, 0.15) is 0 Å². The van der Waals surface area contributed by atoms with Crippen LogP contribution in [0.4, 0.5) is 8.78 Å². The molecule has 5 nitrogen and oxygen atoms in total. The van der Waals surface area contributed by atoms with Crippen molar-refractivity contribution in [1.29, 1.82) is 0 Å². The molecule has 0 saturated carbocycles. The zero-order chi connectivity index (χ0) is 21.8. The molecule has 29 heavy (non-hydrogen) atoms. The molecule has 0 unspecified atom stereocenters. The van der Waals surface area contributed by atoms with E-state index in [9.17, 15) is 22.0 Å². The average molecular weight is 425 g/mol. The van der Waals surface area contributed by atoms with Gasteiger partial charge in [0.25, 0.3) is 0 Å². The number of carbonyl (C=O) groups is 1. The number of halogens is 2. The number of carbonyl (C=O) groups excluding carboxylic acids is 1. The minimum absolute atomic E-state index is 0.0465. The van der Waals surface area contributed by atoms with Gasteiger partial charge in [-0.2, -0.15) is 0 Å². The summed E-state index contributed by atoms with van der Waals surface area (Å²) in [6.07, 6.45) is -0.0561. The molecule has 2 rings (SSSR count). The van der Waals surface area contributed by atoms with Crippen molar-refractivity contribution in [3.63, 3.8) is 0 Å². The minimum atomic E-state index is -4.03. The molecule has 0 aliphatic rings. The molecule has 1 amide bonds. The number of nitrogens with one attached hydrogen (secondary N) is 1. The lowest BCUT2D eigenvalue weighted by Crippen LogP contribution is -2.32. The highest BCUT2D eigenvalue weighted by atomic mass is 32.2. The maximum Gasteiger partial charge on any atom is 0.240 e. The Morgan fingerprint density at radius 2 is 1.66 bits per heavy atom. The number of hydrogen-bond acceptors (Lipinski definition) is 3. The standard InChI is InChI=1S/C21H26F2N2O3S/c1-21(2,3)16-7-5-15(6-8-16)14-25(4)20(26)11-12-24-29(27,28)17-9-10-18(22)19(23)13-17/h5-10,13,24H,11-12,14H2,1-4H3. The Morgan fingerprint density at radius 3 is 2.21 bits per heavy atom. The molecule has 0 heterocycles. The fraction of sp³-hybridized carbons (Fsp3) is 0.381. The second kappa shape index (κ2) is 9.00. The van der Waals surface area contributed by atoms with E-state index in [1.165, 1.54) is 10.5 Å². The van der Waals surface area contributed by atoms with Crippen molar-refractivity contribution in [2.24, 2.45) is 0 Å². The molecule has 2 aromatic carbocycles. The largest absolute Gasteiger partial charge is 0.341 e. The third-order valence-electron chi connectivity index (χ3n) is 4.50. The third-order valence-corrected chi connectivity index (χ3v) is 5.96. The van der Waals surface area contributed by atoms with Crippen molar-refractivity contribution in [2.75, 3.05) is 13.6 Å². The quantitative estimate of drug-likeness (QED) is 0.739. The number of benzene rings is 2. The molecule has 0 radical (unpaired) electrons. The second-order valence-corrected chi connectivity index (χ2v) is 9.69. The number of nitrogens with zero attached hydrogens (tertiary/aromatic N) is 1. The van der Waals surface area contributed by atoms with Crippen LogP contribution in [0, 0.1) is 11.6 Å². The van der Waals surface area contributed by atoms with Crippen LogP contribution < -0.4 is 4.72 Å². The molecule has 0 aliphatic carbocycles. The fourth-order valence-corrected chi connectivity index (χ4v) is 3.73. The lowest BCUT2D eigenvalue weighted by Gasteiger charge is -2.21. The molecule has 0 bridgehead atoms. The lowest BCUT2D eigenvalue weighted by molar-refractivity contribution is -0.130. The first-order chi connectivity index (χ1) is 13.4. The zero-order valence-electron chi connectivity index (χ0n) is 17.0. The van der Waals surface area contributed by atoms with Crippen molar-refractivity contribution < 1.29 is 22.0 Å². The van der Waals surface area contributed by atoms with E-state index in [0.29, 0.717) is 12.6 Å². The van der Waals surface area contributed by atoms with Gasteiger partial charge in [0.05, 0.1) is 4.90 Å². The molecule has 0 spiro atoms. The number of hydrogen-bond donors (Lipinski definition) is 1. The van der Waals surface area contributed by atoms with Gasteiger partial charge in [-0.25, -0.2) is 21.9 Å². The summed E-state index contributed by atoms with van der Waals surface area (Å²) in [6, 6.07) is 10.3. The maximum absolute atomic E-state index is 13.2. The third kappa shape index (κ3) is 6.33. The van der Waals surface area contributed by atoms with Crippen LogP contribution in [-0.4, -0.2) is 32.8 Å². The fourth-order valence-electron chi connectivity index (χ4n) is 2.68. The van der Waals surface area contributed by atoms with E-state index in [4.69, 9.17) is 0 Å². The van der Waals surface area contributed by atoms with E-state index in [-0.39, 0.29) is 24.3 Å². The molecule has 8 heteroatoms. The van der Waals surface area contributed by atoms with Gasteiger partial charge in [0.2, 0.25) is 15.9 Å². The molecule has 0 fully saturated rings. The highest BCUT2D eigenvalue weighted by Gasteiger charge is 2.18. The van der Waals surface area contributed by atoms with Crippen LogP contribution >= 0.6 is 0 Å². The Morgan fingerprint density at radius 1 is 1.03 bits per heavy atom. The van der Waals surface area contributed by atoms with Gasteiger partial charge in [-0.3, -0.25) is 4.79 Å². The summed E-state index contributed by atoms with van der Waals surface area (Å²) in [4.78, 5) is 13.4. The summed E-state index contributed by atoms with van der Waals surface area (Å²) >= 11 is 0. The normalized spacial score (nSPS) is 12.1. The molecule has 0 aromatic heterocycles. The summed E-state index contributed by atoms with van der Waals surface area (Å²) in [6.45, 7) is 6.63. The van der Waals surface area contributed by atoms with E-state index < -0.39 is 26.6 Å². The van der Waals surface area contributed by atoms with Crippen LogP contribution in [0.3, 0.4) is 0 Å². The van der Waals surface area contributed by atoms with Gasteiger partial charge in [-0.15, -0.1) is 0 Å². The highest BCUT2D eigenvalue weighted by molar-refractivity contribution is 7.89. The summed E-state index contributed by atoms with van der Waals surface area (Å²) in [5.74, 6) is -2.62. The van der Waals surface area contributed by atoms with E-state index in [1.54, 1.807) is 7.05 Å². The van der Waals surface area contributed by atoms with E-state index in [1.807, 2.05) is 24.3 Å². The average Bonchev–Trinajstić information content (AvgIpc) is 2.63. The Hall–Kier alpha value is -2.32. The monoisotopic (exact) mass is 424 g/mol. The number of rotatable bonds is 7. The smallest absolute Gasteiger partial charge is 0.240 e. The summed E-state index contributed by atoms with van der Waals surface area (Å²) < 4.78 is 52.7. The van der Waals surface area contributed by atoms with Crippen molar-refractivity contribution in [3.05, 3.63) is 65.2 Å². The molecule has 2 aromatic rings. The van der Waals surface area contributed by atoms with Gasteiger partial charge < -0.3 is 4.90 Å². The first kappa shape index (κ1) is 23.0. The SMILES string of the molecule is CN(Cc1ccc(C(C)(C)C)cc1)C(=O)CCNS(=O)(=O)c1ccc(F)c(F)c1. The van der Waals surface area contributed by atoms with Gasteiger partial charge in [-0.1, -0.05) is 45.0 Å². The topological polar surface area (TPSA) is 66.5 Å². The minimum Gasteiger partial charge on any atom is -0.341 e. The molecule has 0 atom stereocenters. The van der Waals surface area contributed by atoms with Crippen molar-refractivity contribution in [3.8, 4) is 0 Å². The molecule has 0 saturated heterocycles. The zero-order valence-corrected chi connectivity index (χ0v) is 17.8. The highest BCUT2D eigenvalue weighted by Crippen LogP contribution is 2.22. The van der Waals surface area contributed by atoms with E-state index in [2.05, 4.69) is 25.5 Å². The predicted octanol–water partition coefficient (Wildman–Crippen LogP) is 3.59. The molecule has 0 aliphatic heterocycles. The van der Waals surface area contributed by atoms with Crippen molar-refractivity contribution >= 4 is 15.9 Å². The first-order valence-electron chi connectivity index (χ1n) is 9.18. The van der Waals surface area contributed by atoms with Crippen molar-refractivity contribution in [2.45, 2.75) is 44.0 Å². The maximum atomic E-state index is 13.2. The second-order valence-electron chi connectivity index (χ2n) is 7.92. The van der Waals surface area contributed by atoms with Crippen LogP contribution in [0.1, 0.15) is 38.3 Å². The summed E-state index contributed by atoms with van der Waals surface area (Å²) in [5.41, 5.74) is 2.21. The Labute approximate surface area is 170 Å². The lowest BCUT2D eigenvalue weighted by atomic mass is 9.87. The number of sulfonamides is 1. The Bertz CT molecular complexity index is 968. The van der Waals surface area contributed by atoms with Gasteiger partial charge >= 0.3 is 0 Å². The summed E-state index contributed by atoms with van der Waals surface area (Å²) in [7, 11) is -2.38. The van der Waals surface area contributed by atoms with Gasteiger partial charge in [-0.05, 0) is 34.7 Å². The summed E-state index contributed by atoms with van der Waals surface area (Å²) in [5, 5.41) is 0. The molecular formula is C21H26F2N2O3S.